The first-order valence-corrected chi connectivity index (χ1v) is 9.35. The Morgan fingerprint density at radius 3 is 1.54 bits per heavy atom. The maximum atomic E-state index is 4.90. The minimum absolute atomic E-state index is 0.845. The summed E-state index contributed by atoms with van der Waals surface area (Å²) in [5.41, 5.74) is 8.28. The molecule has 0 N–H and O–H groups in total. The third kappa shape index (κ3) is 2.51. The van der Waals surface area contributed by atoms with E-state index < -0.39 is 0 Å². The molecule has 0 unspecified atom stereocenters. The fourth-order valence-electron chi connectivity index (χ4n) is 3.76. The SMILES string of the molecule is Cc1ccc2c(c1)nc(-c1cccc(-c3nc4cc(C)ccc4n3C)n1)n2C. The predicted molar refractivity (Wildman–Crippen MR) is 113 cm³/mol. The molecule has 0 aliphatic rings. The molecule has 0 amide bonds. The Kier molecular flexibility index (Phi) is 3.59. The minimum Gasteiger partial charge on any atom is -0.326 e. The number of pyridine rings is 1. The molecule has 5 aromatic rings. The Hall–Kier alpha value is -3.47. The fraction of sp³-hybridized carbons (Fsp3) is 0.174. The quantitative estimate of drug-likeness (QED) is 0.450. The smallest absolute Gasteiger partial charge is 0.159 e. The van der Waals surface area contributed by atoms with Gasteiger partial charge in [-0.3, -0.25) is 0 Å². The van der Waals surface area contributed by atoms with Crippen LogP contribution in [0.15, 0.2) is 54.6 Å². The molecule has 0 saturated carbocycles. The molecule has 0 radical (unpaired) electrons. The average Bonchev–Trinajstić information content (AvgIpc) is 3.18. The highest BCUT2D eigenvalue weighted by Crippen LogP contribution is 2.27. The van der Waals surface area contributed by atoms with Crippen LogP contribution in [0.3, 0.4) is 0 Å². The maximum Gasteiger partial charge on any atom is 0.159 e. The first-order valence-electron chi connectivity index (χ1n) is 9.35. The highest BCUT2D eigenvalue weighted by molar-refractivity contribution is 5.82. The zero-order valence-electron chi connectivity index (χ0n) is 16.4. The van der Waals surface area contributed by atoms with Crippen molar-refractivity contribution in [2.45, 2.75) is 13.8 Å². The molecule has 0 aliphatic carbocycles. The minimum atomic E-state index is 0.845. The van der Waals surface area contributed by atoms with Crippen molar-refractivity contribution in [3.8, 4) is 23.0 Å². The topological polar surface area (TPSA) is 48.5 Å². The summed E-state index contributed by atoms with van der Waals surface area (Å²) >= 11 is 0. The van der Waals surface area contributed by atoms with E-state index >= 15 is 0 Å². The lowest BCUT2D eigenvalue weighted by molar-refractivity contribution is 0.938. The molecule has 5 heteroatoms. The van der Waals surface area contributed by atoms with Gasteiger partial charge in [-0.25, -0.2) is 15.0 Å². The van der Waals surface area contributed by atoms with Crippen molar-refractivity contribution in [3.63, 3.8) is 0 Å². The van der Waals surface area contributed by atoms with Crippen LogP contribution in [0.2, 0.25) is 0 Å². The van der Waals surface area contributed by atoms with Gasteiger partial charge in [-0.15, -0.1) is 0 Å². The molecule has 2 aromatic carbocycles. The Morgan fingerprint density at radius 2 is 1.07 bits per heavy atom. The van der Waals surface area contributed by atoms with Crippen molar-refractivity contribution in [1.82, 2.24) is 24.1 Å². The van der Waals surface area contributed by atoms with E-state index in [1.807, 2.05) is 32.3 Å². The molecule has 5 rings (SSSR count). The molecule has 0 bridgehead atoms. The van der Waals surface area contributed by atoms with Crippen LogP contribution in [0.4, 0.5) is 0 Å². The highest BCUT2D eigenvalue weighted by atomic mass is 15.1. The summed E-state index contributed by atoms with van der Waals surface area (Å²) in [6.45, 7) is 4.17. The summed E-state index contributed by atoms with van der Waals surface area (Å²) in [5, 5.41) is 0. The Morgan fingerprint density at radius 1 is 0.607 bits per heavy atom. The van der Waals surface area contributed by atoms with Gasteiger partial charge in [-0.05, 0) is 61.4 Å². The van der Waals surface area contributed by atoms with Crippen molar-refractivity contribution in [2.24, 2.45) is 14.1 Å². The molecule has 0 aliphatic heterocycles. The van der Waals surface area contributed by atoms with Gasteiger partial charge in [0.25, 0.3) is 0 Å². The van der Waals surface area contributed by atoms with Crippen LogP contribution < -0.4 is 0 Å². The van der Waals surface area contributed by atoms with Crippen molar-refractivity contribution >= 4 is 22.1 Å². The van der Waals surface area contributed by atoms with E-state index in [4.69, 9.17) is 15.0 Å². The molecule has 5 nitrogen and oxygen atoms in total. The lowest BCUT2D eigenvalue weighted by Gasteiger charge is -2.05. The van der Waals surface area contributed by atoms with Crippen LogP contribution in [0, 0.1) is 13.8 Å². The Labute approximate surface area is 163 Å². The van der Waals surface area contributed by atoms with Crippen LogP contribution in [0.25, 0.3) is 45.1 Å². The number of imidazole rings is 2. The van der Waals surface area contributed by atoms with E-state index in [-0.39, 0.29) is 0 Å². The average molecular weight is 367 g/mol. The van der Waals surface area contributed by atoms with E-state index in [0.717, 1.165) is 45.1 Å². The summed E-state index contributed by atoms with van der Waals surface area (Å²) in [6.07, 6.45) is 0. The van der Waals surface area contributed by atoms with Gasteiger partial charge in [0, 0.05) is 14.1 Å². The van der Waals surface area contributed by atoms with Crippen LogP contribution >= 0.6 is 0 Å². The summed E-state index contributed by atoms with van der Waals surface area (Å²) < 4.78 is 4.19. The van der Waals surface area contributed by atoms with Crippen molar-refractivity contribution in [3.05, 3.63) is 65.7 Å². The largest absolute Gasteiger partial charge is 0.326 e. The van der Waals surface area contributed by atoms with Crippen LogP contribution in [-0.4, -0.2) is 24.1 Å². The van der Waals surface area contributed by atoms with Gasteiger partial charge in [0.05, 0.1) is 22.1 Å². The van der Waals surface area contributed by atoms with Crippen molar-refractivity contribution in [1.29, 1.82) is 0 Å². The zero-order chi connectivity index (χ0) is 19.4. The van der Waals surface area contributed by atoms with Gasteiger partial charge in [-0.1, -0.05) is 18.2 Å². The molecule has 28 heavy (non-hydrogen) atoms. The predicted octanol–water partition coefficient (Wildman–Crippen LogP) is 4.81. The number of aromatic nitrogens is 5. The second-order valence-electron chi connectivity index (χ2n) is 7.38. The molecular formula is C23H21N5. The number of rotatable bonds is 2. The Bertz CT molecular complexity index is 1260. The lowest BCUT2D eigenvalue weighted by Crippen LogP contribution is -1.98. The molecule has 0 fully saturated rings. The second-order valence-corrected chi connectivity index (χ2v) is 7.38. The monoisotopic (exact) mass is 367 g/mol. The molecule has 138 valence electrons. The maximum absolute atomic E-state index is 4.90. The van der Waals surface area contributed by atoms with E-state index in [0.29, 0.717) is 0 Å². The number of hydrogen-bond donors (Lipinski definition) is 0. The number of hydrogen-bond acceptors (Lipinski definition) is 3. The number of nitrogens with zero attached hydrogens (tertiary/aromatic N) is 5. The summed E-state index contributed by atoms with van der Waals surface area (Å²) in [5.74, 6) is 1.72. The zero-order valence-corrected chi connectivity index (χ0v) is 16.4. The highest BCUT2D eigenvalue weighted by Gasteiger charge is 2.15. The van der Waals surface area contributed by atoms with Crippen LogP contribution in [-0.2, 0) is 14.1 Å². The summed E-state index contributed by atoms with van der Waals surface area (Å²) in [4.78, 5) is 14.6. The van der Waals surface area contributed by atoms with E-state index in [9.17, 15) is 0 Å². The third-order valence-corrected chi connectivity index (χ3v) is 5.28. The number of benzene rings is 2. The lowest BCUT2D eigenvalue weighted by atomic mass is 10.2. The molecular weight excluding hydrogens is 346 g/mol. The first-order chi connectivity index (χ1) is 13.5. The van der Waals surface area contributed by atoms with Gasteiger partial charge < -0.3 is 9.13 Å². The van der Waals surface area contributed by atoms with Gasteiger partial charge in [0.2, 0.25) is 0 Å². The Balaban J connectivity index is 1.67. The third-order valence-electron chi connectivity index (χ3n) is 5.28. The van der Waals surface area contributed by atoms with Crippen molar-refractivity contribution < 1.29 is 0 Å². The molecule has 0 saturated heterocycles. The van der Waals surface area contributed by atoms with Crippen LogP contribution in [0.5, 0.6) is 0 Å². The van der Waals surface area contributed by atoms with E-state index in [1.54, 1.807) is 0 Å². The molecule has 3 heterocycles. The molecule has 0 atom stereocenters. The van der Waals surface area contributed by atoms with Gasteiger partial charge in [-0.2, -0.15) is 0 Å². The first kappa shape index (κ1) is 16.7. The summed E-state index contributed by atoms with van der Waals surface area (Å²) in [6, 6.07) is 18.7. The summed E-state index contributed by atoms with van der Waals surface area (Å²) in [7, 11) is 4.07. The van der Waals surface area contributed by atoms with Crippen LogP contribution in [0.1, 0.15) is 11.1 Å². The standard InChI is InChI=1S/C23H21N5/c1-14-8-10-20-18(12-14)25-22(27(20)3)16-6-5-7-17(24-16)23-26-19-13-15(2)9-11-21(19)28(23)4/h5-13H,1-4H3. The normalized spacial score (nSPS) is 11.6. The van der Waals surface area contributed by atoms with E-state index in [2.05, 4.69) is 59.4 Å². The van der Waals surface area contributed by atoms with Gasteiger partial charge in [0.1, 0.15) is 11.4 Å². The van der Waals surface area contributed by atoms with Gasteiger partial charge in [0.15, 0.2) is 11.6 Å². The van der Waals surface area contributed by atoms with E-state index in [1.165, 1.54) is 11.1 Å². The fourth-order valence-corrected chi connectivity index (χ4v) is 3.76. The number of aryl methyl sites for hydroxylation is 4. The van der Waals surface area contributed by atoms with Gasteiger partial charge >= 0.3 is 0 Å². The number of fused-ring (bicyclic) bond motifs is 2. The molecule has 3 aromatic heterocycles. The second kappa shape index (κ2) is 6.02. The molecule has 0 spiro atoms. The van der Waals surface area contributed by atoms with Crippen molar-refractivity contribution in [2.75, 3.05) is 0 Å².